The maximum Gasteiger partial charge on any atom is 0.222 e. The second-order valence-corrected chi connectivity index (χ2v) is 3.87. The molecule has 0 aliphatic carbocycles. The molecule has 0 radical (unpaired) electrons. The molecule has 1 aliphatic rings. The van der Waals surface area contributed by atoms with Crippen molar-refractivity contribution in [2.45, 2.75) is 19.4 Å². The van der Waals surface area contributed by atoms with Crippen molar-refractivity contribution in [3.8, 4) is 0 Å². The van der Waals surface area contributed by atoms with E-state index in [1.54, 1.807) is 0 Å². The first-order chi connectivity index (χ1) is 6.59. The van der Waals surface area contributed by atoms with E-state index in [1.807, 2.05) is 44.2 Å². The number of rotatable bonds is 1. The van der Waals surface area contributed by atoms with Crippen molar-refractivity contribution in [1.82, 2.24) is 0 Å². The molecule has 0 spiro atoms. The van der Waals surface area contributed by atoms with E-state index in [2.05, 4.69) is 11.6 Å². The highest BCUT2D eigenvalue weighted by Crippen LogP contribution is 2.29. The van der Waals surface area contributed by atoms with Crippen molar-refractivity contribution < 1.29 is 4.74 Å². The molecule has 1 aromatic carbocycles. The molecule has 0 unspecified atom stereocenters. The van der Waals surface area contributed by atoms with E-state index in [0.717, 1.165) is 5.56 Å². The van der Waals surface area contributed by atoms with Crippen molar-refractivity contribution in [3.63, 3.8) is 0 Å². The van der Waals surface area contributed by atoms with Gasteiger partial charge in [0.2, 0.25) is 5.90 Å². The van der Waals surface area contributed by atoms with Crippen LogP contribution in [0.15, 0.2) is 47.7 Å². The van der Waals surface area contributed by atoms with Gasteiger partial charge in [-0.1, -0.05) is 24.8 Å². The second kappa shape index (κ2) is 2.98. The largest absolute Gasteiger partial charge is 0.441 e. The summed E-state index contributed by atoms with van der Waals surface area (Å²) in [5, 5.41) is 0. The van der Waals surface area contributed by atoms with Gasteiger partial charge >= 0.3 is 0 Å². The Morgan fingerprint density at radius 2 is 1.86 bits per heavy atom. The summed E-state index contributed by atoms with van der Waals surface area (Å²) in [5.41, 5.74) is 0.699. The lowest BCUT2D eigenvalue weighted by molar-refractivity contribution is 0.384. The number of hydrogen-bond acceptors (Lipinski definition) is 2. The Morgan fingerprint density at radius 3 is 2.36 bits per heavy atom. The van der Waals surface area contributed by atoms with Crippen molar-refractivity contribution in [1.29, 1.82) is 0 Å². The Bertz CT molecular complexity index is 390. The molecule has 1 aromatic rings. The van der Waals surface area contributed by atoms with Gasteiger partial charge in [0.25, 0.3) is 0 Å². The minimum absolute atomic E-state index is 0.300. The molecule has 0 bridgehead atoms. The lowest BCUT2D eigenvalue weighted by Gasteiger charge is -2.11. The third kappa shape index (κ3) is 1.43. The smallest absolute Gasteiger partial charge is 0.222 e. The number of aliphatic imine (C=N–C) groups is 1. The summed E-state index contributed by atoms with van der Waals surface area (Å²) >= 11 is 0. The molecule has 0 N–H and O–H groups in total. The number of ether oxygens (including phenoxy) is 1. The summed E-state index contributed by atoms with van der Waals surface area (Å²) in [7, 11) is 0. The van der Waals surface area contributed by atoms with Crippen LogP contribution in [0.1, 0.15) is 19.4 Å². The summed E-state index contributed by atoms with van der Waals surface area (Å²) in [4.78, 5) is 4.47. The fourth-order valence-corrected chi connectivity index (χ4v) is 1.28. The van der Waals surface area contributed by atoms with E-state index < -0.39 is 0 Å². The third-order valence-corrected chi connectivity index (χ3v) is 2.30. The quantitative estimate of drug-likeness (QED) is 0.662. The monoisotopic (exact) mass is 187 g/mol. The first-order valence-corrected chi connectivity index (χ1v) is 4.62. The predicted octanol–water partition coefficient (Wildman–Crippen LogP) is 2.76. The molecule has 2 heteroatoms. The molecular formula is C12H13NO. The van der Waals surface area contributed by atoms with E-state index in [0.29, 0.717) is 11.7 Å². The van der Waals surface area contributed by atoms with Crippen LogP contribution in [0.4, 0.5) is 0 Å². The van der Waals surface area contributed by atoms with Gasteiger partial charge in [0.1, 0.15) is 11.3 Å². The van der Waals surface area contributed by atoms with Gasteiger partial charge < -0.3 is 4.74 Å². The highest BCUT2D eigenvalue weighted by molar-refractivity contribution is 5.96. The van der Waals surface area contributed by atoms with Crippen molar-refractivity contribution in [2.24, 2.45) is 4.99 Å². The summed E-state index contributed by atoms with van der Waals surface area (Å²) < 4.78 is 5.52. The maximum atomic E-state index is 5.52. The average Bonchev–Trinajstić information content (AvgIpc) is 2.43. The third-order valence-electron chi connectivity index (χ3n) is 2.30. The zero-order valence-corrected chi connectivity index (χ0v) is 8.45. The molecular weight excluding hydrogens is 174 g/mol. The maximum absolute atomic E-state index is 5.52. The minimum atomic E-state index is -0.300. The van der Waals surface area contributed by atoms with Gasteiger partial charge in [-0.2, -0.15) is 0 Å². The molecule has 0 saturated carbocycles. The minimum Gasteiger partial charge on any atom is -0.441 e. The highest BCUT2D eigenvalue weighted by atomic mass is 16.5. The lowest BCUT2D eigenvalue weighted by Crippen LogP contribution is -2.14. The molecule has 1 heterocycles. The number of benzene rings is 1. The molecule has 0 atom stereocenters. The fourth-order valence-electron chi connectivity index (χ4n) is 1.28. The predicted molar refractivity (Wildman–Crippen MR) is 57.3 cm³/mol. The van der Waals surface area contributed by atoms with Gasteiger partial charge in [0.15, 0.2) is 0 Å². The summed E-state index contributed by atoms with van der Waals surface area (Å²) in [6.45, 7) is 7.83. The molecule has 0 saturated heterocycles. The summed E-state index contributed by atoms with van der Waals surface area (Å²) in [5.74, 6) is 1.37. The van der Waals surface area contributed by atoms with Crippen LogP contribution in [0.5, 0.6) is 0 Å². The summed E-state index contributed by atoms with van der Waals surface area (Å²) in [6, 6.07) is 9.87. The zero-order chi connectivity index (χ0) is 10.2. The van der Waals surface area contributed by atoms with E-state index in [9.17, 15) is 0 Å². The van der Waals surface area contributed by atoms with Gasteiger partial charge in [0.05, 0.1) is 0 Å². The van der Waals surface area contributed by atoms with Crippen molar-refractivity contribution in [2.75, 3.05) is 0 Å². The molecule has 2 rings (SSSR count). The van der Waals surface area contributed by atoms with E-state index in [4.69, 9.17) is 4.74 Å². The molecule has 1 aliphatic heterocycles. The van der Waals surface area contributed by atoms with Crippen molar-refractivity contribution >= 4 is 5.90 Å². The molecule has 0 amide bonds. The average molecular weight is 187 g/mol. The Labute approximate surface area is 83.9 Å². The van der Waals surface area contributed by atoms with E-state index in [1.165, 1.54) is 0 Å². The van der Waals surface area contributed by atoms with Gasteiger partial charge in [-0.15, -0.1) is 0 Å². The number of hydrogen-bond donors (Lipinski definition) is 0. The standard InChI is InChI=1S/C12H13NO/c1-9-12(2,3)13-11(14-9)10-7-5-4-6-8-10/h4-8H,1H2,2-3H3. The van der Waals surface area contributed by atoms with Gasteiger partial charge in [0, 0.05) is 5.56 Å². The van der Waals surface area contributed by atoms with Crippen molar-refractivity contribution in [3.05, 3.63) is 48.2 Å². The highest BCUT2D eigenvalue weighted by Gasteiger charge is 2.31. The Morgan fingerprint density at radius 1 is 1.21 bits per heavy atom. The Kier molecular flexibility index (Phi) is 1.92. The lowest BCUT2D eigenvalue weighted by atomic mass is 10.1. The molecule has 0 aromatic heterocycles. The van der Waals surface area contributed by atoms with Crippen LogP contribution in [0, 0.1) is 0 Å². The fraction of sp³-hybridized carbons (Fsp3) is 0.250. The molecule has 0 fully saturated rings. The van der Waals surface area contributed by atoms with Gasteiger partial charge in [-0.25, -0.2) is 4.99 Å². The van der Waals surface area contributed by atoms with E-state index >= 15 is 0 Å². The SMILES string of the molecule is C=C1OC(c2ccccc2)=NC1(C)C. The Hall–Kier alpha value is -1.57. The van der Waals surface area contributed by atoms with Crippen LogP contribution in [0.2, 0.25) is 0 Å². The summed E-state index contributed by atoms with van der Waals surface area (Å²) in [6.07, 6.45) is 0. The second-order valence-electron chi connectivity index (χ2n) is 3.87. The molecule has 2 nitrogen and oxygen atoms in total. The van der Waals surface area contributed by atoms with Crippen LogP contribution >= 0.6 is 0 Å². The van der Waals surface area contributed by atoms with Crippen LogP contribution < -0.4 is 0 Å². The Balaban J connectivity index is 2.36. The number of nitrogens with zero attached hydrogens (tertiary/aromatic N) is 1. The topological polar surface area (TPSA) is 21.6 Å². The van der Waals surface area contributed by atoms with Crippen LogP contribution in [0.25, 0.3) is 0 Å². The molecule has 14 heavy (non-hydrogen) atoms. The van der Waals surface area contributed by atoms with E-state index in [-0.39, 0.29) is 5.54 Å². The molecule has 72 valence electrons. The van der Waals surface area contributed by atoms with Crippen LogP contribution in [-0.2, 0) is 4.74 Å². The first-order valence-electron chi connectivity index (χ1n) is 4.62. The normalized spacial score (nSPS) is 19.0. The van der Waals surface area contributed by atoms with Crippen LogP contribution in [-0.4, -0.2) is 11.4 Å². The van der Waals surface area contributed by atoms with Gasteiger partial charge in [-0.05, 0) is 26.0 Å². The zero-order valence-electron chi connectivity index (χ0n) is 8.45. The first kappa shape index (κ1) is 9.00. The van der Waals surface area contributed by atoms with Crippen LogP contribution in [0.3, 0.4) is 0 Å². The van der Waals surface area contributed by atoms with Gasteiger partial charge in [-0.3, -0.25) is 0 Å².